The molecule has 5 aromatic rings. The first kappa shape index (κ1) is 34.2. The van der Waals surface area contributed by atoms with E-state index in [1.807, 2.05) is 43.3 Å². The highest BCUT2D eigenvalue weighted by atomic mass is 35.5. The molecular formula is C34H27Cl2N5O3S3. The monoisotopic (exact) mass is 719 g/mol. The van der Waals surface area contributed by atoms with E-state index in [9.17, 15) is 14.4 Å². The van der Waals surface area contributed by atoms with Crippen LogP contribution in [0.2, 0.25) is 10.0 Å². The van der Waals surface area contributed by atoms with Gasteiger partial charge in [0.2, 0.25) is 16.2 Å². The van der Waals surface area contributed by atoms with Crippen molar-refractivity contribution in [1.82, 2.24) is 14.7 Å². The number of hydrogen-bond acceptors (Lipinski definition) is 8. The second kappa shape index (κ2) is 16.6. The van der Waals surface area contributed by atoms with Gasteiger partial charge in [-0.25, -0.2) is 0 Å². The third-order valence-corrected chi connectivity index (χ3v) is 9.96. The number of benzene rings is 4. The van der Waals surface area contributed by atoms with Crippen molar-refractivity contribution in [3.8, 4) is 0 Å². The van der Waals surface area contributed by atoms with Crippen LogP contribution < -0.4 is 16.0 Å². The van der Waals surface area contributed by atoms with E-state index in [-0.39, 0.29) is 16.6 Å². The fraction of sp³-hybridized carbons (Fsp3) is 0.0882. The summed E-state index contributed by atoms with van der Waals surface area (Å²) < 4.78 is 4.29. The van der Waals surface area contributed by atoms with Gasteiger partial charge in [0.1, 0.15) is 10.9 Å². The molecule has 0 fully saturated rings. The molecule has 4 aromatic carbocycles. The number of carbonyl (C=O) groups excluding carboxylic acids is 3. The maximum atomic E-state index is 13.6. The molecule has 13 heteroatoms. The van der Waals surface area contributed by atoms with Gasteiger partial charge in [0.15, 0.2) is 0 Å². The minimum Gasteiger partial charge on any atom is -0.321 e. The number of aromatic nitrogens is 2. The number of thioether (sulfide) groups is 2. The van der Waals surface area contributed by atoms with Crippen LogP contribution >= 0.6 is 58.3 Å². The molecule has 5 rings (SSSR count). The zero-order chi connectivity index (χ0) is 33.2. The van der Waals surface area contributed by atoms with Gasteiger partial charge in [0, 0.05) is 27.7 Å². The summed E-state index contributed by atoms with van der Waals surface area (Å²) in [5, 5.41) is 9.42. The number of nitrogens with one attached hydrogen (secondary N) is 3. The van der Waals surface area contributed by atoms with Crippen LogP contribution in [0.15, 0.2) is 119 Å². The zero-order valence-corrected chi connectivity index (χ0v) is 28.7. The van der Waals surface area contributed by atoms with Gasteiger partial charge in [-0.3, -0.25) is 19.7 Å². The number of hydrogen-bond donors (Lipinski definition) is 3. The lowest BCUT2D eigenvalue weighted by molar-refractivity contribution is -0.116. The third kappa shape index (κ3) is 9.46. The molecule has 3 amide bonds. The van der Waals surface area contributed by atoms with Crippen molar-refractivity contribution in [1.29, 1.82) is 0 Å². The second-order valence-corrected chi connectivity index (χ2v) is 13.7. The molecule has 0 radical (unpaired) electrons. The van der Waals surface area contributed by atoms with Crippen molar-refractivity contribution < 1.29 is 14.4 Å². The Morgan fingerprint density at radius 2 is 1.62 bits per heavy atom. The summed E-state index contributed by atoms with van der Waals surface area (Å²) in [4.78, 5) is 45.4. The van der Waals surface area contributed by atoms with Crippen molar-refractivity contribution in [3.63, 3.8) is 0 Å². The Morgan fingerprint density at radius 3 is 2.36 bits per heavy atom. The van der Waals surface area contributed by atoms with Crippen molar-refractivity contribution in [2.24, 2.45) is 0 Å². The molecule has 1 atom stereocenters. The lowest BCUT2D eigenvalue weighted by Crippen LogP contribution is -2.30. The number of carbonyl (C=O) groups is 3. The van der Waals surface area contributed by atoms with Gasteiger partial charge in [-0.2, -0.15) is 9.36 Å². The van der Waals surface area contributed by atoms with E-state index in [1.165, 1.54) is 29.6 Å². The fourth-order valence-corrected chi connectivity index (χ4v) is 6.95. The largest absolute Gasteiger partial charge is 0.321 e. The maximum absolute atomic E-state index is 13.6. The molecule has 0 aliphatic rings. The summed E-state index contributed by atoms with van der Waals surface area (Å²) >= 11 is 16.6. The molecule has 8 nitrogen and oxygen atoms in total. The van der Waals surface area contributed by atoms with Gasteiger partial charge in [0.05, 0.1) is 10.0 Å². The number of anilines is 2. The van der Waals surface area contributed by atoms with E-state index in [2.05, 4.69) is 25.3 Å². The Labute approximate surface area is 294 Å². The van der Waals surface area contributed by atoms with Crippen molar-refractivity contribution in [3.05, 3.63) is 136 Å². The average Bonchev–Trinajstić information content (AvgIpc) is 3.52. The van der Waals surface area contributed by atoms with Gasteiger partial charge >= 0.3 is 0 Å². The molecule has 0 saturated carbocycles. The summed E-state index contributed by atoms with van der Waals surface area (Å²) in [5.74, 6) is -0.485. The summed E-state index contributed by atoms with van der Waals surface area (Å²) in [5.41, 5.74) is 2.04. The minimum atomic E-state index is -0.626. The van der Waals surface area contributed by atoms with Crippen molar-refractivity contribution in [2.75, 3.05) is 16.4 Å². The van der Waals surface area contributed by atoms with Crippen LogP contribution in [0.5, 0.6) is 0 Å². The van der Waals surface area contributed by atoms with Crippen LogP contribution in [0.4, 0.5) is 10.8 Å². The predicted octanol–water partition coefficient (Wildman–Crippen LogP) is 8.84. The van der Waals surface area contributed by atoms with Gasteiger partial charge in [0.25, 0.3) is 11.8 Å². The lowest BCUT2D eigenvalue weighted by atomic mass is 10.1. The van der Waals surface area contributed by atoms with Crippen LogP contribution in [0, 0.1) is 0 Å². The number of nitrogens with zero attached hydrogens (tertiary/aromatic N) is 2. The summed E-state index contributed by atoms with van der Waals surface area (Å²) in [6.07, 6.45) is 1.47. The van der Waals surface area contributed by atoms with Crippen molar-refractivity contribution in [2.45, 2.75) is 22.2 Å². The van der Waals surface area contributed by atoms with Crippen LogP contribution in [-0.2, 0) is 9.59 Å². The normalized spacial score (nSPS) is 11.9. The van der Waals surface area contributed by atoms with Gasteiger partial charge < -0.3 is 10.6 Å². The molecule has 1 heterocycles. The zero-order valence-electron chi connectivity index (χ0n) is 24.8. The van der Waals surface area contributed by atoms with E-state index in [4.69, 9.17) is 23.2 Å². The fourth-order valence-electron chi connectivity index (χ4n) is 4.23. The SMILES string of the molecule is CCSc1nsc(NC(=O)C(Sc2cccc(NC(=O)/C(=C\c3cccc(Cl)c3Cl)NC(=O)c3ccccc3)c2)c2ccccc2)n1. The van der Waals surface area contributed by atoms with Crippen LogP contribution in [0.25, 0.3) is 6.08 Å². The van der Waals surface area contributed by atoms with E-state index < -0.39 is 17.1 Å². The first-order chi connectivity index (χ1) is 22.8. The molecule has 238 valence electrons. The molecule has 1 unspecified atom stereocenters. The van der Waals surface area contributed by atoms with Gasteiger partial charge in [-0.15, -0.1) is 11.8 Å². The standard InChI is InChI=1S/C34H27Cl2N5O3S3/c1-2-45-34-40-33(47-41-34)39-32(44)29(21-11-5-3-6-12-21)46-25-17-10-16-24(20-25)37-31(43)27(19-23-15-9-18-26(35)28(23)36)38-30(42)22-13-7-4-8-14-22/h3-20,29H,2H2,1H3,(H,37,43)(H,38,42)(H,39,40,41,44)/b27-19+. The molecule has 0 bridgehead atoms. The summed E-state index contributed by atoms with van der Waals surface area (Å²) in [7, 11) is 0. The smallest absolute Gasteiger partial charge is 0.272 e. The average molecular weight is 721 g/mol. The van der Waals surface area contributed by atoms with E-state index in [0.717, 1.165) is 27.7 Å². The predicted molar refractivity (Wildman–Crippen MR) is 193 cm³/mol. The van der Waals surface area contributed by atoms with Crippen LogP contribution in [-0.4, -0.2) is 32.8 Å². The Kier molecular flexibility index (Phi) is 12.1. The number of amides is 3. The number of rotatable bonds is 12. The molecule has 0 saturated heterocycles. The number of halogens is 2. The molecule has 1 aromatic heterocycles. The first-order valence-corrected chi connectivity index (χ1v) is 17.6. The Balaban J connectivity index is 1.38. The van der Waals surface area contributed by atoms with E-state index in [0.29, 0.717) is 32.1 Å². The minimum absolute atomic E-state index is 0.0414. The lowest BCUT2D eigenvalue weighted by Gasteiger charge is -2.17. The maximum Gasteiger partial charge on any atom is 0.272 e. The van der Waals surface area contributed by atoms with Gasteiger partial charge in [-0.05, 0) is 59.4 Å². The molecule has 47 heavy (non-hydrogen) atoms. The van der Waals surface area contributed by atoms with Crippen LogP contribution in [0.1, 0.15) is 33.7 Å². The van der Waals surface area contributed by atoms with Gasteiger partial charge in [-0.1, -0.05) is 109 Å². The van der Waals surface area contributed by atoms with Crippen LogP contribution in [0.3, 0.4) is 0 Å². The second-order valence-electron chi connectivity index (χ2n) is 9.72. The quantitative estimate of drug-likeness (QED) is 0.0872. The molecule has 0 aliphatic heterocycles. The third-order valence-electron chi connectivity index (χ3n) is 6.41. The highest BCUT2D eigenvalue weighted by Gasteiger charge is 2.24. The molecule has 3 N–H and O–H groups in total. The molecular weight excluding hydrogens is 694 g/mol. The highest BCUT2D eigenvalue weighted by Crippen LogP contribution is 2.37. The topological polar surface area (TPSA) is 113 Å². The first-order valence-electron chi connectivity index (χ1n) is 14.2. The Bertz CT molecular complexity index is 1910. The van der Waals surface area contributed by atoms with E-state index >= 15 is 0 Å². The summed E-state index contributed by atoms with van der Waals surface area (Å²) in [6, 6.07) is 30.1. The Hall–Kier alpha value is -4.13. The van der Waals surface area contributed by atoms with E-state index in [1.54, 1.807) is 66.7 Å². The van der Waals surface area contributed by atoms with Crippen molar-refractivity contribution >= 4 is 92.9 Å². The Morgan fingerprint density at radius 1 is 0.894 bits per heavy atom. The summed E-state index contributed by atoms with van der Waals surface area (Å²) in [6.45, 7) is 2.01. The molecule has 0 aliphatic carbocycles. The highest BCUT2D eigenvalue weighted by molar-refractivity contribution is 8.00. The molecule has 0 spiro atoms.